The van der Waals surface area contributed by atoms with Crippen molar-refractivity contribution in [2.45, 2.75) is 18.5 Å². The van der Waals surface area contributed by atoms with Crippen molar-refractivity contribution >= 4 is 0 Å². The second kappa shape index (κ2) is 7.36. The van der Waals surface area contributed by atoms with Gasteiger partial charge in [0.25, 0.3) is 0 Å². The van der Waals surface area contributed by atoms with E-state index in [2.05, 4.69) is 0 Å². The van der Waals surface area contributed by atoms with Crippen molar-refractivity contribution in [2.75, 3.05) is 42.3 Å². The predicted molar refractivity (Wildman–Crippen MR) is 90.0 cm³/mol. The first-order chi connectivity index (χ1) is 10.1. The Morgan fingerprint density at radius 1 is 0.727 bits per heavy atom. The number of rotatable bonds is 6. The van der Waals surface area contributed by atoms with E-state index in [0.29, 0.717) is 11.1 Å². The molecule has 7 nitrogen and oxygen atoms in total. The van der Waals surface area contributed by atoms with Crippen molar-refractivity contribution in [3.8, 4) is 5.75 Å². The maximum Gasteiger partial charge on any atom is 0.127 e. The van der Waals surface area contributed by atoms with Crippen LogP contribution in [0.5, 0.6) is 5.75 Å². The molecule has 7 N–H and O–H groups in total. The molecular weight excluding hydrogens is 280 g/mol. The minimum absolute atomic E-state index is 0.122. The van der Waals surface area contributed by atoms with Crippen LogP contribution in [-0.4, -0.2) is 62.1 Å². The normalized spacial score (nSPS) is 16.4. The molecule has 0 heterocycles. The van der Waals surface area contributed by atoms with Crippen LogP contribution in [-0.2, 0) is 0 Å². The van der Waals surface area contributed by atoms with Gasteiger partial charge in [0.15, 0.2) is 0 Å². The van der Waals surface area contributed by atoms with E-state index >= 15 is 0 Å². The summed E-state index contributed by atoms with van der Waals surface area (Å²) in [6.45, 7) is 0. The summed E-state index contributed by atoms with van der Waals surface area (Å²) in [5.41, 5.74) is 20.7. The fourth-order valence-electron chi connectivity index (χ4n) is 2.18. The number of nitrogens with two attached hydrogens (primary N) is 3. The molecule has 22 heavy (non-hydrogen) atoms. The Morgan fingerprint density at radius 3 is 1.32 bits per heavy atom. The first kappa shape index (κ1) is 18.8. The Bertz CT molecular complexity index is 468. The molecule has 0 aliphatic heterocycles. The summed E-state index contributed by atoms with van der Waals surface area (Å²) < 4.78 is 0. The molecule has 0 aliphatic carbocycles. The molecule has 0 bridgehead atoms. The number of phenols is 1. The molecule has 0 radical (unpaired) electrons. The first-order valence-electron chi connectivity index (χ1n) is 7.20. The third-order valence-electron chi connectivity index (χ3n) is 3.84. The van der Waals surface area contributed by atoms with Crippen LogP contribution in [0.4, 0.5) is 0 Å². The monoisotopic (exact) mass is 310 g/mol. The highest BCUT2D eigenvalue weighted by Gasteiger charge is 2.23. The molecule has 1 rings (SSSR count). The van der Waals surface area contributed by atoms with Crippen LogP contribution in [0.25, 0.3) is 0 Å². The molecule has 0 aromatic heterocycles. The average molecular weight is 310 g/mol. The summed E-state index contributed by atoms with van der Waals surface area (Å²) in [5, 5.41) is 10.6. The molecule has 0 aliphatic rings. The van der Waals surface area contributed by atoms with Gasteiger partial charge in [-0.2, -0.15) is 0 Å². The summed E-state index contributed by atoms with van der Waals surface area (Å²) >= 11 is 0. The molecule has 0 saturated heterocycles. The number of hydrogen-bond donors (Lipinski definition) is 4. The molecule has 3 atom stereocenters. The molecule has 0 spiro atoms. The van der Waals surface area contributed by atoms with Crippen LogP contribution >= 0.6 is 0 Å². The van der Waals surface area contributed by atoms with Crippen LogP contribution in [0.1, 0.15) is 35.2 Å². The van der Waals surface area contributed by atoms with E-state index in [4.69, 9.17) is 17.2 Å². The Morgan fingerprint density at radius 2 is 1.05 bits per heavy atom. The summed E-state index contributed by atoms with van der Waals surface area (Å²) in [6, 6.07) is 3.69. The predicted octanol–water partition coefficient (Wildman–Crippen LogP) is -0.0511. The SMILES string of the molecule is CN(C)C(N)c1cc(C(N)N(C)C)c(O)c(C(N)N(C)C)c1. The number of aromatic hydroxyl groups is 1. The lowest BCUT2D eigenvalue weighted by atomic mass is 9.98. The second-order valence-corrected chi connectivity index (χ2v) is 6.27. The molecule has 0 fully saturated rings. The van der Waals surface area contributed by atoms with Gasteiger partial charge in [0.05, 0.1) is 18.5 Å². The third kappa shape index (κ3) is 3.95. The summed E-state index contributed by atoms with van der Waals surface area (Å²) in [5.74, 6) is 0.122. The molecule has 1 aromatic rings. The van der Waals surface area contributed by atoms with Gasteiger partial charge in [0.1, 0.15) is 5.75 Å². The van der Waals surface area contributed by atoms with Crippen LogP contribution in [0.3, 0.4) is 0 Å². The zero-order chi connectivity index (χ0) is 17.2. The lowest BCUT2D eigenvalue weighted by Crippen LogP contribution is -2.32. The maximum absolute atomic E-state index is 10.6. The summed E-state index contributed by atoms with van der Waals surface area (Å²) in [6.07, 6.45) is -1.19. The van der Waals surface area contributed by atoms with E-state index in [1.54, 1.807) is 0 Å². The number of phenolic OH excluding ortho intramolecular Hbond substituents is 1. The molecule has 0 amide bonds. The van der Waals surface area contributed by atoms with Gasteiger partial charge in [-0.25, -0.2) is 0 Å². The molecule has 1 aromatic carbocycles. The second-order valence-electron chi connectivity index (χ2n) is 6.27. The fourth-order valence-corrected chi connectivity index (χ4v) is 2.18. The molecule has 7 heteroatoms. The van der Waals surface area contributed by atoms with Gasteiger partial charge in [0, 0.05) is 11.1 Å². The van der Waals surface area contributed by atoms with E-state index in [1.807, 2.05) is 69.1 Å². The zero-order valence-corrected chi connectivity index (χ0v) is 14.4. The van der Waals surface area contributed by atoms with Gasteiger partial charge in [-0.1, -0.05) is 0 Å². The number of benzene rings is 1. The minimum Gasteiger partial charge on any atom is -0.507 e. The fraction of sp³-hybridized carbons (Fsp3) is 0.600. The van der Waals surface area contributed by atoms with Gasteiger partial charge in [-0.05, 0) is 60.0 Å². The summed E-state index contributed by atoms with van der Waals surface area (Å²) in [4.78, 5) is 5.54. The van der Waals surface area contributed by atoms with E-state index in [1.165, 1.54) is 0 Å². The van der Waals surface area contributed by atoms with E-state index in [-0.39, 0.29) is 11.9 Å². The van der Waals surface area contributed by atoms with Crippen molar-refractivity contribution in [3.63, 3.8) is 0 Å². The quantitative estimate of drug-likeness (QED) is 0.546. The Balaban J connectivity index is 3.49. The highest BCUT2D eigenvalue weighted by Crippen LogP contribution is 2.34. The lowest BCUT2D eigenvalue weighted by Gasteiger charge is -2.29. The van der Waals surface area contributed by atoms with Crippen LogP contribution in [0.2, 0.25) is 0 Å². The van der Waals surface area contributed by atoms with Crippen molar-refractivity contribution < 1.29 is 5.11 Å². The largest absolute Gasteiger partial charge is 0.507 e. The van der Waals surface area contributed by atoms with Gasteiger partial charge in [-0.15, -0.1) is 0 Å². The Hall–Kier alpha value is -1.22. The smallest absolute Gasteiger partial charge is 0.127 e. The average Bonchev–Trinajstić information content (AvgIpc) is 2.44. The van der Waals surface area contributed by atoms with Crippen LogP contribution < -0.4 is 17.2 Å². The maximum atomic E-state index is 10.6. The van der Waals surface area contributed by atoms with Gasteiger partial charge < -0.3 is 22.3 Å². The van der Waals surface area contributed by atoms with Crippen molar-refractivity contribution in [3.05, 3.63) is 28.8 Å². The minimum atomic E-state index is -0.442. The zero-order valence-electron chi connectivity index (χ0n) is 14.4. The number of hydrogen-bond acceptors (Lipinski definition) is 7. The van der Waals surface area contributed by atoms with Crippen LogP contribution in [0, 0.1) is 0 Å². The highest BCUT2D eigenvalue weighted by molar-refractivity contribution is 5.47. The van der Waals surface area contributed by atoms with Gasteiger partial charge in [0.2, 0.25) is 0 Å². The van der Waals surface area contributed by atoms with Crippen molar-refractivity contribution in [1.82, 2.24) is 14.7 Å². The lowest BCUT2D eigenvalue weighted by molar-refractivity contribution is 0.279. The van der Waals surface area contributed by atoms with Crippen molar-refractivity contribution in [1.29, 1.82) is 0 Å². The van der Waals surface area contributed by atoms with Gasteiger partial charge >= 0.3 is 0 Å². The van der Waals surface area contributed by atoms with E-state index < -0.39 is 12.3 Å². The molecule has 3 unspecified atom stereocenters. The number of nitrogens with zero attached hydrogens (tertiary/aromatic N) is 3. The first-order valence-corrected chi connectivity index (χ1v) is 7.20. The van der Waals surface area contributed by atoms with E-state index in [9.17, 15) is 5.11 Å². The Kier molecular flexibility index (Phi) is 6.30. The third-order valence-corrected chi connectivity index (χ3v) is 3.84. The highest BCUT2D eigenvalue weighted by atomic mass is 16.3. The van der Waals surface area contributed by atoms with Crippen molar-refractivity contribution in [2.24, 2.45) is 17.2 Å². The topological polar surface area (TPSA) is 108 Å². The van der Waals surface area contributed by atoms with E-state index in [0.717, 1.165) is 5.56 Å². The summed E-state index contributed by atoms with van der Waals surface area (Å²) in [7, 11) is 11.2. The molecule has 126 valence electrons. The molecular formula is C15H30N6O. The Labute approximate surface area is 133 Å². The standard InChI is InChI=1S/C15H30N6O/c1-19(2)13(16)9-7-10(14(17)20(3)4)12(22)11(8-9)15(18)21(5)6/h7-8,13-15,22H,16-18H2,1-6H3. The molecule has 0 saturated carbocycles. The van der Waals surface area contributed by atoms with Crippen LogP contribution in [0.15, 0.2) is 12.1 Å². The van der Waals surface area contributed by atoms with Gasteiger partial charge in [-0.3, -0.25) is 14.7 Å².